The van der Waals surface area contributed by atoms with Crippen molar-refractivity contribution in [2.75, 3.05) is 13.7 Å². The zero-order valence-corrected chi connectivity index (χ0v) is 16.0. The van der Waals surface area contributed by atoms with Crippen LogP contribution >= 0.6 is 0 Å². The average molecular weight is 362 g/mol. The van der Waals surface area contributed by atoms with Crippen LogP contribution in [0.4, 0.5) is 0 Å². The van der Waals surface area contributed by atoms with Gasteiger partial charge in [-0.2, -0.15) is 0 Å². The maximum Gasteiger partial charge on any atom is 0.227 e. The quantitative estimate of drug-likeness (QED) is 0.737. The highest BCUT2D eigenvalue weighted by Gasteiger charge is 2.29. The molecule has 2 heterocycles. The number of nitrogens with one attached hydrogen (secondary N) is 1. The zero-order chi connectivity index (χ0) is 18.8. The molecule has 1 unspecified atom stereocenters. The summed E-state index contributed by atoms with van der Waals surface area (Å²) in [4.78, 5) is 18.6. The number of para-hydroxylation sites is 1. The summed E-state index contributed by atoms with van der Waals surface area (Å²) in [6.45, 7) is 2.91. The van der Waals surface area contributed by atoms with Crippen LogP contribution < -0.4 is 4.74 Å². The SMILES string of the molecule is COc1cccc(CC2CCCN2C(=O)Cc2c(C)[nH]c3ccccc23)c1. The van der Waals surface area contributed by atoms with Gasteiger partial charge in [0, 0.05) is 29.2 Å². The van der Waals surface area contributed by atoms with Crippen molar-refractivity contribution >= 4 is 16.8 Å². The van der Waals surface area contributed by atoms with E-state index in [1.807, 2.05) is 24.3 Å². The first kappa shape index (κ1) is 17.7. The topological polar surface area (TPSA) is 45.3 Å². The minimum Gasteiger partial charge on any atom is -0.497 e. The molecule has 4 rings (SSSR count). The summed E-state index contributed by atoms with van der Waals surface area (Å²) < 4.78 is 5.33. The number of H-pyrrole nitrogens is 1. The summed E-state index contributed by atoms with van der Waals surface area (Å²) in [5, 5.41) is 1.16. The molecule has 1 aliphatic rings. The number of carbonyl (C=O) groups is 1. The van der Waals surface area contributed by atoms with Crippen LogP contribution in [0, 0.1) is 6.92 Å². The lowest BCUT2D eigenvalue weighted by Gasteiger charge is -2.25. The van der Waals surface area contributed by atoms with Crippen LogP contribution in [-0.2, 0) is 17.6 Å². The van der Waals surface area contributed by atoms with E-state index in [2.05, 4.69) is 41.1 Å². The van der Waals surface area contributed by atoms with Gasteiger partial charge in [-0.3, -0.25) is 4.79 Å². The number of likely N-dealkylation sites (tertiary alicyclic amines) is 1. The predicted molar refractivity (Wildman–Crippen MR) is 108 cm³/mol. The van der Waals surface area contributed by atoms with E-state index in [0.717, 1.165) is 53.7 Å². The smallest absolute Gasteiger partial charge is 0.227 e. The van der Waals surface area contributed by atoms with E-state index >= 15 is 0 Å². The van der Waals surface area contributed by atoms with Gasteiger partial charge in [0.05, 0.1) is 13.5 Å². The fourth-order valence-electron chi connectivity index (χ4n) is 4.26. The molecule has 3 aromatic rings. The van der Waals surface area contributed by atoms with Gasteiger partial charge in [-0.25, -0.2) is 0 Å². The van der Waals surface area contributed by atoms with E-state index in [0.29, 0.717) is 6.42 Å². The van der Waals surface area contributed by atoms with Crippen LogP contribution in [0.25, 0.3) is 10.9 Å². The van der Waals surface area contributed by atoms with E-state index in [9.17, 15) is 4.79 Å². The molecule has 140 valence electrons. The Kier molecular flexibility index (Phi) is 4.88. The molecule has 1 aliphatic heterocycles. The van der Waals surface area contributed by atoms with Crippen LogP contribution in [0.15, 0.2) is 48.5 Å². The number of methoxy groups -OCH3 is 1. The third-order valence-electron chi connectivity index (χ3n) is 5.66. The number of hydrogen-bond donors (Lipinski definition) is 1. The van der Waals surface area contributed by atoms with Crippen molar-refractivity contribution in [1.82, 2.24) is 9.88 Å². The van der Waals surface area contributed by atoms with Gasteiger partial charge in [-0.05, 0) is 55.5 Å². The second kappa shape index (κ2) is 7.47. The highest BCUT2D eigenvalue weighted by molar-refractivity contribution is 5.90. The summed E-state index contributed by atoms with van der Waals surface area (Å²) in [7, 11) is 1.69. The lowest BCUT2D eigenvalue weighted by Crippen LogP contribution is -2.37. The molecule has 0 bridgehead atoms. The Balaban J connectivity index is 1.51. The van der Waals surface area contributed by atoms with Gasteiger partial charge in [0.15, 0.2) is 0 Å². The summed E-state index contributed by atoms with van der Waals surface area (Å²) in [5.74, 6) is 1.10. The third kappa shape index (κ3) is 3.57. The number of hydrogen-bond acceptors (Lipinski definition) is 2. The Labute approximate surface area is 160 Å². The summed E-state index contributed by atoms with van der Waals surface area (Å²) in [6.07, 6.45) is 3.49. The molecule has 4 heteroatoms. The number of ether oxygens (including phenoxy) is 1. The monoisotopic (exact) mass is 362 g/mol. The van der Waals surface area contributed by atoms with Crippen LogP contribution in [0.2, 0.25) is 0 Å². The Morgan fingerprint density at radius 3 is 2.93 bits per heavy atom. The Hall–Kier alpha value is -2.75. The van der Waals surface area contributed by atoms with Gasteiger partial charge >= 0.3 is 0 Å². The number of benzene rings is 2. The number of rotatable bonds is 5. The van der Waals surface area contributed by atoms with Gasteiger partial charge in [-0.1, -0.05) is 30.3 Å². The molecule has 1 amide bonds. The van der Waals surface area contributed by atoms with Gasteiger partial charge < -0.3 is 14.6 Å². The van der Waals surface area contributed by atoms with Crippen molar-refractivity contribution in [2.24, 2.45) is 0 Å². The average Bonchev–Trinajstić information content (AvgIpc) is 3.26. The lowest BCUT2D eigenvalue weighted by molar-refractivity contribution is -0.131. The lowest BCUT2D eigenvalue weighted by atomic mass is 10.0. The van der Waals surface area contributed by atoms with Crippen LogP contribution in [-0.4, -0.2) is 35.5 Å². The molecule has 1 aromatic heterocycles. The van der Waals surface area contributed by atoms with Crippen molar-refractivity contribution < 1.29 is 9.53 Å². The zero-order valence-electron chi connectivity index (χ0n) is 16.0. The molecule has 0 spiro atoms. The number of aryl methyl sites for hydroxylation is 1. The Morgan fingerprint density at radius 1 is 1.22 bits per heavy atom. The van der Waals surface area contributed by atoms with Gasteiger partial charge in [-0.15, -0.1) is 0 Å². The fourth-order valence-corrected chi connectivity index (χ4v) is 4.26. The Morgan fingerprint density at radius 2 is 2.07 bits per heavy atom. The highest BCUT2D eigenvalue weighted by Crippen LogP contribution is 2.27. The summed E-state index contributed by atoms with van der Waals surface area (Å²) in [5.41, 5.74) is 4.55. The van der Waals surface area contributed by atoms with Crippen molar-refractivity contribution in [3.63, 3.8) is 0 Å². The van der Waals surface area contributed by atoms with Crippen LogP contribution in [0.3, 0.4) is 0 Å². The second-order valence-electron chi connectivity index (χ2n) is 7.39. The van der Waals surface area contributed by atoms with Gasteiger partial charge in [0.1, 0.15) is 5.75 Å². The molecule has 0 radical (unpaired) electrons. The second-order valence-corrected chi connectivity index (χ2v) is 7.39. The van der Waals surface area contributed by atoms with Crippen molar-refractivity contribution in [3.05, 3.63) is 65.4 Å². The number of carbonyl (C=O) groups excluding carboxylic acids is 1. The third-order valence-corrected chi connectivity index (χ3v) is 5.66. The molecular weight excluding hydrogens is 336 g/mol. The number of fused-ring (bicyclic) bond motifs is 1. The Bertz CT molecular complexity index is 960. The van der Waals surface area contributed by atoms with E-state index in [4.69, 9.17) is 4.74 Å². The number of aromatic amines is 1. The standard InChI is InChI=1S/C23H26N2O2/c1-16-21(20-10-3-4-11-22(20)24-16)15-23(26)25-12-6-8-18(25)13-17-7-5-9-19(14-17)27-2/h3-5,7,9-11,14,18,24H,6,8,12-13,15H2,1-2H3. The highest BCUT2D eigenvalue weighted by atomic mass is 16.5. The minimum absolute atomic E-state index is 0.230. The normalized spacial score (nSPS) is 16.8. The molecule has 1 atom stereocenters. The van der Waals surface area contributed by atoms with Crippen molar-refractivity contribution in [1.29, 1.82) is 0 Å². The number of aromatic nitrogens is 1. The van der Waals surface area contributed by atoms with Crippen molar-refractivity contribution in [2.45, 2.75) is 38.6 Å². The minimum atomic E-state index is 0.230. The molecule has 27 heavy (non-hydrogen) atoms. The molecule has 1 fully saturated rings. The molecule has 1 saturated heterocycles. The number of nitrogens with zero attached hydrogens (tertiary/aromatic N) is 1. The van der Waals surface area contributed by atoms with E-state index in [1.54, 1.807) is 7.11 Å². The van der Waals surface area contributed by atoms with Crippen LogP contribution in [0.5, 0.6) is 5.75 Å². The molecule has 4 nitrogen and oxygen atoms in total. The number of amides is 1. The molecule has 0 saturated carbocycles. The summed E-state index contributed by atoms with van der Waals surface area (Å²) >= 11 is 0. The van der Waals surface area contributed by atoms with Gasteiger partial charge in [0.2, 0.25) is 5.91 Å². The van der Waals surface area contributed by atoms with Crippen LogP contribution in [0.1, 0.15) is 29.7 Å². The molecular formula is C23H26N2O2. The largest absolute Gasteiger partial charge is 0.497 e. The molecule has 1 N–H and O–H groups in total. The first-order valence-electron chi connectivity index (χ1n) is 9.64. The maximum absolute atomic E-state index is 13.1. The molecule has 0 aliphatic carbocycles. The fraction of sp³-hybridized carbons (Fsp3) is 0.348. The van der Waals surface area contributed by atoms with Crippen molar-refractivity contribution in [3.8, 4) is 5.75 Å². The predicted octanol–water partition coefficient (Wildman–Crippen LogP) is 4.26. The first-order valence-corrected chi connectivity index (χ1v) is 9.64. The van der Waals surface area contributed by atoms with E-state index < -0.39 is 0 Å². The van der Waals surface area contributed by atoms with E-state index in [1.165, 1.54) is 5.56 Å². The summed E-state index contributed by atoms with van der Waals surface area (Å²) in [6, 6.07) is 16.7. The maximum atomic E-state index is 13.1. The van der Waals surface area contributed by atoms with Gasteiger partial charge in [0.25, 0.3) is 0 Å². The first-order chi connectivity index (χ1) is 13.2. The molecule has 2 aromatic carbocycles. The van der Waals surface area contributed by atoms with E-state index in [-0.39, 0.29) is 11.9 Å².